The van der Waals surface area contributed by atoms with E-state index in [0.717, 1.165) is 28.6 Å². The summed E-state index contributed by atoms with van der Waals surface area (Å²) in [6.45, 7) is 1.26. The monoisotopic (exact) mass is 370 g/mol. The number of hydrogen-bond acceptors (Lipinski definition) is 2. The minimum absolute atomic E-state index is 0.480. The second-order valence-electron chi connectivity index (χ2n) is 6.85. The Bertz CT molecular complexity index is 1070. The molecule has 4 rings (SSSR count). The van der Waals surface area contributed by atoms with Crippen LogP contribution in [0.15, 0.2) is 91.1 Å². The van der Waals surface area contributed by atoms with E-state index in [1.807, 2.05) is 60.7 Å². The third kappa shape index (κ3) is 3.82. The highest BCUT2D eigenvalue weighted by atomic mass is 16.4. The van der Waals surface area contributed by atoms with Crippen molar-refractivity contribution in [3.63, 3.8) is 0 Å². The first-order valence-electron chi connectivity index (χ1n) is 9.34. The Morgan fingerprint density at radius 2 is 1.54 bits per heavy atom. The third-order valence-electron chi connectivity index (χ3n) is 4.94. The summed E-state index contributed by atoms with van der Waals surface area (Å²) in [4.78, 5) is 11.8. The van der Waals surface area contributed by atoms with Gasteiger partial charge in [-0.1, -0.05) is 78.9 Å². The van der Waals surface area contributed by atoms with Gasteiger partial charge in [0.2, 0.25) is 0 Å². The molecule has 0 aliphatic heterocycles. The fraction of sp³-hybridized carbons (Fsp3) is 0.125. The van der Waals surface area contributed by atoms with Gasteiger partial charge in [0.25, 0.3) is 0 Å². The lowest BCUT2D eigenvalue weighted by atomic mass is 10.1. The largest absolute Gasteiger partial charge is 0.480 e. The van der Waals surface area contributed by atoms with E-state index in [-0.39, 0.29) is 0 Å². The molecular weight excluding hydrogens is 348 g/mol. The number of nitrogens with zero attached hydrogens (tertiary/aromatic N) is 1. The van der Waals surface area contributed by atoms with Crippen LogP contribution in [0.3, 0.4) is 0 Å². The first-order valence-corrected chi connectivity index (χ1v) is 9.34. The molecule has 0 fully saturated rings. The number of carbonyl (C=O) groups is 1. The van der Waals surface area contributed by atoms with Gasteiger partial charge in [0.05, 0.1) is 0 Å². The van der Waals surface area contributed by atoms with Crippen LogP contribution in [0.5, 0.6) is 0 Å². The summed E-state index contributed by atoms with van der Waals surface area (Å²) in [5.41, 5.74) is 4.22. The summed E-state index contributed by atoms with van der Waals surface area (Å²) in [5, 5.41) is 14.0. The number of fused-ring (bicyclic) bond motifs is 1. The van der Waals surface area contributed by atoms with Crippen LogP contribution in [0.2, 0.25) is 0 Å². The molecule has 1 heterocycles. The zero-order chi connectivity index (χ0) is 19.3. The topological polar surface area (TPSA) is 54.3 Å². The van der Waals surface area contributed by atoms with Gasteiger partial charge >= 0.3 is 5.97 Å². The lowest BCUT2D eigenvalue weighted by Gasteiger charge is -2.14. The number of aromatic nitrogens is 1. The van der Waals surface area contributed by atoms with Crippen molar-refractivity contribution in [2.75, 3.05) is 0 Å². The van der Waals surface area contributed by atoms with E-state index in [1.165, 1.54) is 5.56 Å². The van der Waals surface area contributed by atoms with E-state index in [0.29, 0.717) is 6.54 Å². The summed E-state index contributed by atoms with van der Waals surface area (Å²) in [7, 11) is 0. The number of hydrogen-bond donors (Lipinski definition) is 2. The Hall–Kier alpha value is -3.37. The molecule has 3 aromatic carbocycles. The van der Waals surface area contributed by atoms with Crippen LogP contribution in [0.1, 0.15) is 22.7 Å². The Balaban J connectivity index is 1.61. The molecule has 1 atom stereocenters. The average molecular weight is 370 g/mol. The van der Waals surface area contributed by atoms with Crippen LogP contribution >= 0.6 is 0 Å². The van der Waals surface area contributed by atoms with Gasteiger partial charge in [0.1, 0.15) is 6.04 Å². The Labute approximate surface area is 164 Å². The van der Waals surface area contributed by atoms with Gasteiger partial charge in [0.15, 0.2) is 0 Å². The highest BCUT2D eigenvalue weighted by Gasteiger charge is 2.19. The van der Waals surface area contributed by atoms with Gasteiger partial charge in [-0.15, -0.1) is 0 Å². The van der Waals surface area contributed by atoms with E-state index in [9.17, 15) is 9.90 Å². The summed E-state index contributed by atoms with van der Waals surface area (Å²) in [6, 6.07) is 27.1. The van der Waals surface area contributed by atoms with Crippen LogP contribution in [-0.4, -0.2) is 15.6 Å². The van der Waals surface area contributed by atoms with Gasteiger partial charge in [-0.3, -0.25) is 10.1 Å². The predicted molar refractivity (Wildman–Crippen MR) is 111 cm³/mol. The molecule has 140 valence electrons. The number of carboxylic acids is 1. The SMILES string of the molecule is O=C(O)[C@H](NCc1cn(Cc2ccccc2)c2ccccc12)c1ccccc1. The molecule has 0 saturated carbocycles. The summed E-state index contributed by atoms with van der Waals surface area (Å²) >= 11 is 0. The van der Waals surface area contributed by atoms with Crippen molar-refractivity contribution in [2.24, 2.45) is 0 Å². The van der Waals surface area contributed by atoms with Crippen molar-refractivity contribution >= 4 is 16.9 Å². The minimum atomic E-state index is -0.876. The molecule has 0 spiro atoms. The lowest BCUT2D eigenvalue weighted by molar-refractivity contribution is -0.139. The van der Waals surface area contributed by atoms with Gasteiger partial charge in [-0.05, 0) is 22.8 Å². The molecule has 0 unspecified atom stereocenters. The highest BCUT2D eigenvalue weighted by molar-refractivity contribution is 5.84. The van der Waals surface area contributed by atoms with Crippen LogP contribution < -0.4 is 5.32 Å². The van der Waals surface area contributed by atoms with Crippen LogP contribution in [-0.2, 0) is 17.9 Å². The summed E-state index contributed by atoms with van der Waals surface area (Å²) < 4.78 is 2.22. The molecule has 4 nitrogen and oxygen atoms in total. The molecular formula is C24H22N2O2. The predicted octanol–water partition coefficient (Wildman–Crippen LogP) is 4.61. The maximum absolute atomic E-state index is 11.8. The fourth-order valence-corrected chi connectivity index (χ4v) is 3.58. The van der Waals surface area contributed by atoms with Crippen molar-refractivity contribution in [2.45, 2.75) is 19.1 Å². The molecule has 1 aromatic heterocycles. The Kier molecular flexibility index (Phi) is 5.22. The quantitative estimate of drug-likeness (QED) is 0.500. The van der Waals surface area contributed by atoms with Crippen LogP contribution in [0, 0.1) is 0 Å². The Morgan fingerprint density at radius 3 is 2.25 bits per heavy atom. The highest BCUT2D eigenvalue weighted by Crippen LogP contribution is 2.23. The molecule has 2 N–H and O–H groups in total. The van der Waals surface area contributed by atoms with E-state index < -0.39 is 12.0 Å². The number of carboxylic acid groups (broad SMARTS) is 1. The molecule has 0 aliphatic carbocycles. The van der Waals surface area contributed by atoms with Crippen LogP contribution in [0.4, 0.5) is 0 Å². The van der Waals surface area contributed by atoms with Crippen molar-refractivity contribution in [1.29, 1.82) is 0 Å². The summed E-state index contributed by atoms with van der Waals surface area (Å²) in [5.74, 6) is -0.876. The van der Waals surface area contributed by atoms with Crippen LogP contribution in [0.25, 0.3) is 10.9 Å². The normalized spacial score (nSPS) is 12.1. The molecule has 0 radical (unpaired) electrons. The van der Waals surface area contributed by atoms with Crippen molar-refractivity contribution < 1.29 is 9.90 Å². The van der Waals surface area contributed by atoms with Crippen molar-refractivity contribution in [1.82, 2.24) is 9.88 Å². The molecule has 0 aliphatic rings. The van der Waals surface area contributed by atoms with E-state index in [2.05, 4.69) is 40.3 Å². The standard InChI is InChI=1S/C24H22N2O2/c27-24(28)23(19-11-5-2-6-12-19)25-15-20-17-26(16-18-9-3-1-4-10-18)22-14-8-7-13-21(20)22/h1-14,17,23,25H,15-16H2,(H,27,28)/t23-/m1/s1. The number of rotatable bonds is 7. The Morgan fingerprint density at radius 1 is 0.893 bits per heavy atom. The lowest BCUT2D eigenvalue weighted by Crippen LogP contribution is -2.28. The maximum atomic E-state index is 11.8. The number of nitrogens with one attached hydrogen (secondary N) is 1. The van der Waals surface area contributed by atoms with Gasteiger partial charge in [0, 0.05) is 30.2 Å². The first kappa shape index (κ1) is 18.0. The van der Waals surface area contributed by atoms with Gasteiger partial charge in [-0.25, -0.2) is 0 Å². The van der Waals surface area contributed by atoms with Crippen molar-refractivity contribution in [3.05, 3.63) is 108 Å². The second kappa shape index (κ2) is 8.11. The van der Waals surface area contributed by atoms with Gasteiger partial charge < -0.3 is 9.67 Å². The maximum Gasteiger partial charge on any atom is 0.325 e. The zero-order valence-electron chi connectivity index (χ0n) is 15.5. The number of para-hydroxylation sites is 1. The second-order valence-corrected chi connectivity index (χ2v) is 6.85. The van der Waals surface area contributed by atoms with E-state index in [4.69, 9.17) is 0 Å². The van der Waals surface area contributed by atoms with Gasteiger partial charge in [-0.2, -0.15) is 0 Å². The van der Waals surface area contributed by atoms with Crippen molar-refractivity contribution in [3.8, 4) is 0 Å². The zero-order valence-corrected chi connectivity index (χ0v) is 15.5. The summed E-state index contributed by atoms with van der Waals surface area (Å²) in [6.07, 6.45) is 2.12. The molecule has 0 bridgehead atoms. The molecule has 0 amide bonds. The van der Waals surface area contributed by atoms with E-state index >= 15 is 0 Å². The molecule has 28 heavy (non-hydrogen) atoms. The fourth-order valence-electron chi connectivity index (χ4n) is 3.58. The smallest absolute Gasteiger partial charge is 0.325 e. The third-order valence-corrected chi connectivity index (χ3v) is 4.94. The minimum Gasteiger partial charge on any atom is -0.480 e. The first-order chi connectivity index (χ1) is 13.7. The number of benzene rings is 3. The van der Waals surface area contributed by atoms with E-state index in [1.54, 1.807) is 0 Å². The molecule has 4 aromatic rings. The molecule has 0 saturated heterocycles. The number of aliphatic carboxylic acids is 1. The molecule has 4 heteroatoms. The average Bonchev–Trinajstić information content (AvgIpc) is 3.07.